The molecule has 0 heterocycles. The van der Waals surface area contributed by atoms with Crippen molar-refractivity contribution in [1.29, 1.82) is 0 Å². The predicted molar refractivity (Wildman–Crippen MR) is 70.5 cm³/mol. The summed E-state index contributed by atoms with van der Waals surface area (Å²) in [4.78, 5) is 0. The largest absolute Gasteiger partial charge is 0.501 e. The number of ether oxygens (including phenoxy) is 1. The molecule has 0 spiro atoms. The molecule has 0 unspecified atom stereocenters. The van der Waals surface area contributed by atoms with Crippen LogP contribution in [0.15, 0.2) is 23.5 Å². The minimum absolute atomic E-state index is 0.867. The first-order chi connectivity index (χ1) is 8.31. The minimum atomic E-state index is 0.867. The van der Waals surface area contributed by atoms with Crippen molar-refractivity contribution in [3.63, 3.8) is 0 Å². The van der Waals surface area contributed by atoms with Gasteiger partial charge < -0.3 is 4.74 Å². The van der Waals surface area contributed by atoms with Gasteiger partial charge in [-0.25, -0.2) is 0 Å². The molecule has 4 aliphatic carbocycles. The second kappa shape index (κ2) is 4.51. The molecule has 1 heteroatoms. The minimum Gasteiger partial charge on any atom is -0.501 e. The maximum Gasteiger partial charge on any atom is 0.0990 e. The third-order valence-corrected chi connectivity index (χ3v) is 5.13. The molecule has 0 N–H and O–H groups in total. The Morgan fingerprint density at radius 3 is 2.18 bits per heavy atom. The molecule has 0 radical (unpaired) electrons. The second-order valence-electron chi connectivity index (χ2n) is 6.16. The van der Waals surface area contributed by atoms with Gasteiger partial charge in [-0.1, -0.05) is 12.2 Å². The Hall–Kier alpha value is -0.720. The van der Waals surface area contributed by atoms with Gasteiger partial charge in [0.1, 0.15) is 0 Å². The van der Waals surface area contributed by atoms with Gasteiger partial charge in [0, 0.05) is 6.42 Å². The van der Waals surface area contributed by atoms with Crippen LogP contribution in [-0.2, 0) is 4.74 Å². The number of hydrogen-bond donors (Lipinski definition) is 0. The first-order valence-electron chi connectivity index (χ1n) is 7.19. The molecule has 0 aliphatic heterocycles. The van der Waals surface area contributed by atoms with Crippen molar-refractivity contribution < 1.29 is 4.74 Å². The van der Waals surface area contributed by atoms with Crippen LogP contribution in [-0.4, -0.2) is 7.11 Å². The number of allylic oxidation sites excluding steroid dienone is 3. The molecule has 1 nitrogen and oxygen atoms in total. The summed E-state index contributed by atoms with van der Waals surface area (Å²) in [6.07, 6.45) is 12.7. The van der Waals surface area contributed by atoms with E-state index in [0.717, 1.165) is 30.1 Å². The first kappa shape index (κ1) is 11.4. The van der Waals surface area contributed by atoms with Crippen molar-refractivity contribution in [1.82, 2.24) is 0 Å². The van der Waals surface area contributed by atoms with Gasteiger partial charge in [0.05, 0.1) is 12.9 Å². The van der Waals surface area contributed by atoms with E-state index in [-0.39, 0.29) is 0 Å². The van der Waals surface area contributed by atoms with Gasteiger partial charge >= 0.3 is 0 Å². The summed E-state index contributed by atoms with van der Waals surface area (Å²) in [5.41, 5.74) is 1.71. The van der Waals surface area contributed by atoms with Gasteiger partial charge in [-0.2, -0.15) is 0 Å². The molecule has 4 rings (SSSR count). The van der Waals surface area contributed by atoms with E-state index in [1.807, 2.05) is 7.11 Å². The fourth-order valence-corrected chi connectivity index (χ4v) is 4.69. The molecule has 0 aromatic heterocycles. The first-order valence-corrected chi connectivity index (χ1v) is 7.19. The van der Waals surface area contributed by atoms with Crippen LogP contribution in [0.25, 0.3) is 0 Å². The highest BCUT2D eigenvalue weighted by atomic mass is 16.5. The average molecular weight is 232 g/mol. The topological polar surface area (TPSA) is 9.23 Å². The Labute approximate surface area is 105 Å². The summed E-state index contributed by atoms with van der Waals surface area (Å²) in [5, 5.41) is 0. The van der Waals surface area contributed by atoms with Crippen LogP contribution >= 0.6 is 0 Å². The zero-order valence-corrected chi connectivity index (χ0v) is 11.1. The monoisotopic (exact) mass is 232 g/mol. The smallest absolute Gasteiger partial charge is 0.0990 e. The van der Waals surface area contributed by atoms with Crippen LogP contribution in [0.4, 0.5) is 0 Å². The van der Waals surface area contributed by atoms with E-state index in [0.29, 0.717) is 0 Å². The molecule has 4 aliphatic rings. The highest BCUT2D eigenvalue weighted by Gasteiger charge is 2.46. The third kappa shape index (κ3) is 1.94. The van der Waals surface area contributed by atoms with Gasteiger partial charge in [-0.05, 0) is 68.3 Å². The van der Waals surface area contributed by atoms with Gasteiger partial charge in [0.25, 0.3) is 0 Å². The number of hydrogen-bond acceptors (Lipinski definition) is 1. The van der Waals surface area contributed by atoms with Gasteiger partial charge in [-0.15, -0.1) is 0 Å². The van der Waals surface area contributed by atoms with E-state index in [1.54, 1.807) is 5.57 Å². The molecule has 4 saturated carbocycles. The molecule has 4 fully saturated rings. The SMILES string of the molecule is C/C=C\CC(OC)=C1C2CC3CC(C2)CC1C3. The maximum atomic E-state index is 5.71. The van der Waals surface area contributed by atoms with Crippen molar-refractivity contribution in [3.05, 3.63) is 23.5 Å². The Morgan fingerprint density at radius 1 is 1.12 bits per heavy atom. The molecule has 17 heavy (non-hydrogen) atoms. The molecule has 4 bridgehead atoms. The van der Waals surface area contributed by atoms with Crippen molar-refractivity contribution in [2.45, 2.75) is 45.4 Å². The molecule has 0 saturated heterocycles. The third-order valence-electron chi connectivity index (χ3n) is 5.13. The zero-order valence-electron chi connectivity index (χ0n) is 11.1. The molecule has 0 aromatic carbocycles. The standard InChI is InChI=1S/C16H24O/c1-3-4-5-15(17-2)16-13-7-11-6-12(9-13)10-14(16)8-11/h3-4,11-14H,5-10H2,1-2H3/b4-3-,16-15?. The molecule has 0 amide bonds. The van der Waals surface area contributed by atoms with E-state index in [1.165, 1.54) is 37.9 Å². The van der Waals surface area contributed by atoms with Crippen LogP contribution in [0.2, 0.25) is 0 Å². The Bertz CT molecular complexity index is 321. The summed E-state index contributed by atoms with van der Waals surface area (Å²) in [6.45, 7) is 2.09. The van der Waals surface area contributed by atoms with Gasteiger partial charge in [-0.3, -0.25) is 0 Å². The zero-order chi connectivity index (χ0) is 11.8. The molecule has 0 aromatic rings. The second-order valence-corrected chi connectivity index (χ2v) is 6.16. The van der Waals surface area contributed by atoms with Gasteiger partial charge in [0.15, 0.2) is 0 Å². The Morgan fingerprint density at radius 2 is 1.71 bits per heavy atom. The fraction of sp³-hybridized carbons (Fsp3) is 0.750. The van der Waals surface area contributed by atoms with Crippen molar-refractivity contribution >= 4 is 0 Å². The predicted octanol–water partition coefficient (Wildman–Crippen LogP) is 4.31. The molecular weight excluding hydrogens is 208 g/mol. The number of rotatable bonds is 3. The molecule has 0 atom stereocenters. The van der Waals surface area contributed by atoms with E-state index < -0.39 is 0 Å². The van der Waals surface area contributed by atoms with Crippen LogP contribution in [0.3, 0.4) is 0 Å². The normalized spacial score (nSPS) is 39.1. The quantitative estimate of drug-likeness (QED) is 0.520. The van der Waals surface area contributed by atoms with Crippen molar-refractivity contribution in [2.24, 2.45) is 23.7 Å². The highest BCUT2D eigenvalue weighted by molar-refractivity contribution is 5.24. The van der Waals surface area contributed by atoms with E-state index >= 15 is 0 Å². The lowest BCUT2D eigenvalue weighted by Crippen LogP contribution is -2.41. The van der Waals surface area contributed by atoms with E-state index in [2.05, 4.69) is 19.1 Å². The Balaban J connectivity index is 1.88. The van der Waals surface area contributed by atoms with Crippen LogP contribution in [0.1, 0.15) is 45.4 Å². The molecule has 94 valence electrons. The lowest BCUT2D eigenvalue weighted by atomic mass is 9.54. The maximum absolute atomic E-state index is 5.71. The average Bonchev–Trinajstić information content (AvgIpc) is 2.31. The summed E-state index contributed by atoms with van der Waals surface area (Å²) in [6, 6.07) is 0. The van der Waals surface area contributed by atoms with Crippen molar-refractivity contribution in [3.8, 4) is 0 Å². The fourth-order valence-electron chi connectivity index (χ4n) is 4.69. The summed E-state index contributed by atoms with van der Waals surface area (Å²) in [7, 11) is 1.86. The highest BCUT2D eigenvalue weighted by Crippen LogP contribution is 2.57. The summed E-state index contributed by atoms with van der Waals surface area (Å²) < 4.78 is 5.71. The lowest BCUT2D eigenvalue weighted by Gasteiger charge is -2.51. The van der Waals surface area contributed by atoms with E-state index in [4.69, 9.17) is 4.74 Å². The van der Waals surface area contributed by atoms with E-state index in [9.17, 15) is 0 Å². The lowest BCUT2D eigenvalue weighted by molar-refractivity contribution is 0.0616. The van der Waals surface area contributed by atoms with Crippen molar-refractivity contribution in [2.75, 3.05) is 7.11 Å². The summed E-state index contributed by atoms with van der Waals surface area (Å²) >= 11 is 0. The summed E-state index contributed by atoms with van der Waals surface area (Å²) in [5.74, 6) is 5.11. The Kier molecular flexibility index (Phi) is 3.02. The van der Waals surface area contributed by atoms with Crippen LogP contribution in [0.5, 0.6) is 0 Å². The van der Waals surface area contributed by atoms with Gasteiger partial charge in [0.2, 0.25) is 0 Å². The molecular formula is C16H24O. The number of methoxy groups -OCH3 is 1. The van der Waals surface area contributed by atoms with Crippen LogP contribution < -0.4 is 0 Å². The van der Waals surface area contributed by atoms with Crippen LogP contribution in [0, 0.1) is 23.7 Å².